The molecule has 0 spiro atoms. The van der Waals surface area contributed by atoms with Crippen LogP contribution in [0.25, 0.3) is 17.0 Å². The van der Waals surface area contributed by atoms with Gasteiger partial charge in [0, 0.05) is 43.0 Å². The lowest BCUT2D eigenvalue weighted by Crippen LogP contribution is -2.50. The summed E-state index contributed by atoms with van der Waals surface area (Å²) in [5.74, 6) is 1.75. The molecule has 0 atom stereocenters. The third-order valence-corrected chi connectivity index (χ3v) is 6.62. The van der Waals surface area contributed by atoms with E-state index in [1.54, 1.807) is 35.0 Å². The molecule has 3 heterocycles. The smallest absolute Gasteiger partial charge is 0.260 e. The number of halogens is 1. The van der Waals surface area contributed by atoms with Gasteiger partial charge < -0.3 is 14.5 Å². The molecule has 8 nitrogen and oxygen atoms in total. The van der Waals surface area contributed by atoms with Gasteiger partial charge in [-0.05, 0) is 41.3 Å². The van der Waals surface area contributed by atoms with Crippen molar-refractivity contribution in [2.75, 3.05) is 37.7 Å². The van der Waals surface area contributed by atoms with Crippen molar-refractivity contribution >= 4 is 29.2 Å². The quantitative estimate of drug-likeness (QED) is 0.399. The highest BCUT2D eigenvalue weighted by molar-refractivity contribution is 6.30. The topological polar surface area (TPSA) is 75.9 Å². The molecule has 0 bridgehead atoms. The van der Waals surface area contributed by atoms with Crippen molar-refractivity contribution in [1.82, 2.24) is 24.5 Å². The fourth-order valence-electron chi connectivity index (χ4n) is 4.20. The molecule has 2 aromatic carbocycles. The van der Waals surface area contributed by atoms with Gasteiger partial charge in [0.2, 0.25) is 5.95 Å². The fourth-order valence-corrected chi connectivity index (χ4v) is 4.33. The van der Waals surface area contributed by atoms with Gasteiger partial charge in [0.25, 0.3) is 11.7 Å². The Kier molecular flexibility index (Phi) is 6.53. The number of aromatic nitrogens is 4. The highest BCUT2D eigenvalue weighted by atomic mass is 35.5. The molecule has 5 rings (SSSR count). The summed E-state index contributed by atoms with van der Waals surface area (Å²) in [7, 11) is 0. The summed E-state index contributed by atoms with van der Waals surface area (Å²) in [6.07, 6.45) is 1.76. The second kappa shape index (κ2) is 9.78. The summed E-state index contributed by atoms with van der Waals surface area (Å²) in [5.41, 5.74) is 3.37. The van der Waals surface area contributed by atoms with Crippen LogP contribution in [-0.4, -0.2) is 63.2 Å². The Bertz CT molecular complexity index is 1350. The van der Waals surface area contributed by atoms with Crippen molar-refractivity contribution in [1.29, 1.82) is 0 Å². The fraction of sp³-hybridized carbons (Fsp3) is 0.333. The van der Waals surface area contributed by atoms with E-state index in [2.05, 4.69) is 59.9 Å². The van der Waals surface area contributed by atoms with E-state index in [4.69, 9.17) is 21.4 Å². The van der Waals surface area contributed by atoms with Gasteiger partial charge in [0.15, 0.2) is 6.61 Å². The summed E-state index contributed by atoms with van der Waals surface area (Å²) in [5, 5.41) is 5.40. The molecule has 186 valence electrons. The van der Waals surface area contributed by atoms with Crippen LogP contribution in [0, 0.1) is 0 Å². The molecule has 0 radical (unpaired) electrons. The van der Waals surface area contributed by atoms with E-state index in [9.17, 15) is 4.79 Å². The summed E-state index contributed by atoms with van der Waals surface area (Å²) >= 11 is 5.90. The highest BCUT2D eigenvalue weighted by Gasteiger charge is 2.24. The summed E-state index contributed by atoms with van der Waals surface area (Å²) in [6.45, 7) is 9.04. The minimum Gasteiger partial charge on any atom is -0.484 e. The van der Waals surface area contributed by atoms with Gasteiger partial charge in [-0.15, -0.1) is 5.10 Å². The number of carbonyl (C=O) groups excluding carboxylic acids is 1. The van der Waals surface area contributed by atoms with E-state index < -0.39 is 0 Å². The van der Waals surface area contributed by atoms with E-state index in [1.165, 1.54) is 5.56 Å². The molecule has 0 unspecified atom stereocenters. The van der Waals surface area contributed by atoms with Crippen LogP contribution in [0.4, 0.5) is 5.95 Å². The molecule has 2 aromatic heterocycles. The number of hydrogen-bond donors (Lipinski definition) is 0. The van der Waals surface area contributed by atoms with Crippen LogP contribution in [0.5, 0.6) is 5.75 Å². The Hall–Kier alpha value is -3.65. The van der Waals surface area contributed by atoms with Gasteiger partial charge in [-0.2, -0.15) is 9.50 Å². The maximum Gasteiger partial charge on any atom is 0.260 e. The lowest BCUT2D eigenvalue weighted by atomic mass is 9.86. The van der Waals surface area contributed by atoms with Crippen LogP contribution >= 0.6 is 11.6 Å². The Morgan fingerprint density at radius 3 is 2.33 bits per heavy atom. The summed E-state index contributed by atoms with van der Waals surface area (Å²) in [6, 6.07) is 17.5. The number of ether oxygens (including phenoxy) is 1. The summed E-state index contributed by atoms with van der Waals surface area (Å²) in [4.78, 5) is 25.6. The van der Waals surface area contributed by atoms with Gasteiger partial charge in [0.1, 0.15) is 5.75 Å². The Balaban J connectivity index is 1.25. The van der Waals surface area contributed by atoms with Gasteiger partial charge in [-0.1, -0.05) is 56.6 Å². The largest absolute Gasteiger partial charge is 0.484 e. The maximum absolute atomic E-state index is 12.6. The normalized spacial score (nSPS) is 14.3. The first-order valence-corrected chi connectivity index (χ1v) is 12.4. The number of carbonyl (C=O) groups is 1. The molecule has 9 heteroatoms. The molecule has 1 amide bonds. The van der Waals surface area contributed by atoms with E-state index in [-0.39, 0.29) is 17.9 Å². The molecular weight excluding hydrogens is 476 g/mol. The second-order valence-electron chi connectivity index (χ2n) is 9.89. The number of rotatable bonds is 5. The predicted molar refractivity (Wildman–Crippen MR) is 141 cm³/mol. The van der Waals surface area contributed by atoms with Crippen molar-refractivity contribution in [2.24, 2.45) is 0 Å². The zero-order chi connectivity index (χ0) is 25.3. The zero-order valence-corrected chi connectivity index (χ0v) is 21.4. The average molecular weight is 505 g/mol. The number of amides is 1. The van der Waals surface area contributed by atoms with Crippen molar-refractivity contribution in [3.63, 3.8) is 0 Å². The van der Waals surface area contributed by atoms with E-state index in [0.29, 0.717) is 48.7 Å². The predicted octanol–water partition coefficient (Wildman–Crippen LogP) is 4.47. The first-order valence-electron chi connectivity index (χ1n) is 12.0. The van der Waals surface area contributed by atoms with Gasteiger partial charge in [0.05, 0.1) is 5.69 Å². The Morgan fingerprint density at radius 1 is 0.972 bits per heavy atom. The lowest BCUT2D eigenvalue weighted by molar-refractivity contribution is -0.133. The first-order chi connectivity index (χ1) is 17.3. The lowest BCUT2D eigenvalue weighted by Gasteiger charge is -2.34. The van der Waals surface area contributed by atoms with Crippen LogP contribution in [0.3, 0.4) is 0 Å². The molecule has 1 aliphatic rings. The van der Waals surface area contributed by atoms with E-state index in [0.717, 1.165) is 11.3 Å². The SMILES string of the molecule is CC(C)(C)c1ccc(-c2ccnc3nc(N4CCN(C(=O)COc5ccc(Cl)cc5)CC4)nn23)cc1. The molecule has 0 N–H and O–H groups in total. The summed E-state index contributed by atoms with van der Waals surface area (Å²) < 4.78 is 7.40. The highest BCUT2D eigenvalue weighted by Crippen LogP contribution is 2.26. The van der Waals surface area contributed by atoms with E-state index >= 15 is 0 Å². The number of nitrogens with zero attached hydrogens (tertiary/aromatic N) is 6. The molecule has 0 aliphatic carbocycles. The standard InChI is InChI=1S/C27H29ClN6O2/c1-27(2,3)20-6-4-19(5-7-20)23-12-13-29-25-30-26(31-34(23)25)33-16-14-32(15-17-33)24(35)18-36-22-10-8-21(28)9-11-22/h4-13H,14-18H2,1-3H3. The maximum atomic E-state index is 12.6. The van der Waals surface area contributed by atoms with Gasteiger partial charge in [-0.25, -0.2) is 4.98 Å². The molecular formula is C27H29ClN6O2. The first kappa shape index (κ1) is 24.1. The third-order valence-electron chi connectivity index (χ3n) is 6.37. The Morgan fingerprint density at radius 2 is 1.67 bits per heavy atom. The number of piperazine rings is 1. The van der Waals surface area contributed by atoms with Gasteiger partial charge >= 0.3 is 0 Å². The van der Waals surface area contributed by atoms with Crippen molar-refractivity contribution < 1.29 is 9.53 Å². The van der Waals surface area contributed by atoms with Crippen LogP contribution in [0.2, 0.25) is 5.02 Å². The molecule has 1 aliphatic heterocycles. The second-order valence-corrected chi connectivity index (χ2v) is 10.3. The number of benzene rings is 2. The number of hydrogen-bond acceptors (Lipinski definition) is 6. The number of fused-ring (bicyclic) bond motifs is 1. The molecule has 0 saturated carbocycles. The number of anilines is 1. The molecule has 4 aromatic rings. The van der Waals surface area contributed by atoms with Crippen molar-refractivity contribution in [3.05, 3.63) is 71.4 Å². The average Bonchev–Trinajstić information content (AvgIpc) is 3.32. The van der Waals surface area contributed by atoms with Crippen LogP contribution in [-0.2, 0) is 10.2 Å². The zero-order valence-electron chi connectivity index (χ0n) is 20.7. The van der Waals surface area contributed by atoms with Crippen molar-refractivity contribution in [3.8, 4) is 17.0 Å². The Labute approximate surface area is 215 Å². The van der Waals surface area contributed by atoms with Gasteiger partial charge in [-0.3, -0.25) is 4.79 Å². The van der Waals surface area contributed by atoms with Crippen LogP contribution in [0.1, 0.15) is 26.3 Å². The minimum absolute atomic E-state index is 0.00443. The molecule has 1 saturated heterocycles. The monoisotopic (exact) mass is 504 g/mol. The molecule has 36 heavy (non-hydrogen) atoms. The van der Waals surface area contributed by atoms with Crippen molar-refractivity contribution in [2.45, 2.75) is 26.2 Å². The molecule has 1 fully saturated rings. The third kappa shape index (κ3) is 5.14. The van der Waals surface area contributed by atoms with E-state index in [1.807, 2.05) is 11.0 Å². The van der Waals surface area contributed by atoms with Crippen LogP contribution in [0.15, 0.2) is 60.8 Å². The van der Waals surface area contributed by atoms with Crippen LogP contribution < -0.4 is 9.64 Å². The minimum atomic E-state index is -0.0461.